The Morgan fingerprint density at radius 2 is 2.00 bits per heavy atom. The van der Waals surface area contributed by atoms with Gasteiger partial charge in [-0.05, 0) is 11.5 Å². The van der Waals surface area contributed by atoms with Crippen LogP contribution in [0.25, 0.3) is 10.1 Å². The Labute approximate surface area is 186 Å². The van der Waals surface area contributed by atoms with Crippen LogP contribution in [0.4, 0.5) is 0 Å². The minimum atomic E-state index is -0.253. The zero-order chi connectivity index (χ0) is 21.6. The molecule has 0 unspecified atom stereocenters. The van der Waals surface area contributed by atoms with Gasteiger partial charge in [0, 0.05) is 50.1 Å². The summed E-state index contributed by atoms with van der Waals surface area (Å²) in [6.07, 6.45) is -0.253. The van der Waals surface area contributed by atoms with Gasteiger partial charge in [0.1, 0.15) is 0 Å². The summed E-state index contributed by atoms with van der Waals surface area (Å²) < 4.78 is 17.6. The molecular weight excluding hydrogens is 418 g/mol. The Morgan fingerprint density at radius 3 is 2.81 bits per heavy atom. The molecule has 4 rings (SSSR count). The van der Waals surface area contributed by atoms with E-state index >= 15 is 0 Å². The minimum Gasteiger partial charge on any atom is -0.383 e. The Kier molecular flexibility index (Phi) is 7.52. The van der Waals surface area contributed by atoms with E-state index in [4.69, 9.17) is 14.2 Å². The summed E-state index contributed by atoms with van der Waals surface area (Å²) in [5.74, 6) is 0.00928. The molecule has 0 saturated carbocycles. The van der Waals surface area contributed by atoms with Crippen LogP contribution in [0.5, 0.6) is 0 Å². The molecule has 2 amide bonds. The number of methoxy groups -OCH3 is 1. The van der Waals surface area contributed by atoms with E-state index in [0.717, 1.165) is 20.5 Å². The lowest BCUT2D eigenvalue weighted by Gasteiger charge is -2.33. The van der Waals surface area contributed by atoms with Gasteiger partial charge in [-0.2, -0.15) is 0 Å². The van der Waals surface area contributed by atoms with Crippen molar-refractivity contribution in [1.29, 1.82) is 0 Å². The maximum Gasteiger partial charge on any atom is 0.264 e. The SMILES string of the molecule is COCCNC(=O)CN1CCO[C@@H](c2c(C(=O)N3CCOCC3)sc3ccccc23)C1. The Hall–Kier alpha value is -2.04. The van der Waals surface area contributed by atoms with Crippen LogP contribution in [0.3, 0.4) is 0 Å². The van der Waals surface area contributed by atoms with Gasteiger partial charge in [-0.1, -0.05) is 18.2 Å². The summed E-state index contributed by atoms with van der Waals surface area (Å²) in [6, 6.07) is 8.08. The van der Waals surface area contributed by atoms with E-state index in [0.29, 0.717) is 65.7 Å². The fraction of sp³-hybridized carbons (Fsp3) is 0.545. The van der Waals surface area contributed by atoms with Gasteiger partial charge < -0.3 is 24.4 Å². The van der Waals surface area contributed by atoms with E-state index in [-0.39, 0.29) is 17.9 Å². The van der Waals surface area contributed by atoms with Crippen molar-refractivity contribution in [2.24, 2.45) is 0 Å². The number of carbonyl (C=O) groups is 2. The number of thiophene rings is 1. The summed E-state index contributed by atoms with van der Waals surface area (Å²) in [4.78, 5) is 30.3. The fourth-order valence-corrected chi connectivity index (χ4v) is 5.25. The van der Waals surface area contributed by atoms with Crippen molar-refractivity contribution >= 4 is 33.2 Å². The number of carbonyl (C=O) groups excluding carboxylic acids is 2. The van der Waals surface area contributed by atoms with Gasteiger partial charge in [0.25, 0.3) is 5.91 Å². The fourth-order valence-electron chi connectivity index (χ4n) is 4.03. The second kappa shape index (κ2) is 10.5. The average molecular weight is 448 g/mol. The molecule has 2 aliphatic heterocycles. The molecule has 2 fully saturated rings. The smallest absolute Gasteiger partial charge is 0.264 e. The third-order valence-corrected chi connectivity index (χ3v) is 6.77. The summed E-state index contributed by atoms with van der Waals surface area (Å²) in [6.45, 7) is 5.41. The number of benzene rings is 1. The van der Waals surface area contributed by atoms with Crippen LogP contribution < -0.4 is 5.32 Å². The molecule has 0 aliphatic carbocycles. The second-order valence-corrected chi connectivity index (χ2v) is 8.74. The normalized spacial score (nSPS) is 20.2. The van der Waals surface area contributed by atoms with Crippen LogP contribution in [0.1, 0.15) is 21.3 Å². The Bertz CT molecular complexity index is 912. The van der Waals surface area contributed by atoms with Gasteiger partial charge in [0.15, 0.2) is 0 Å². The van der Waals surface area contributed by atoms with Crippen molar-refractivity contribution in [1.82, 2.24) is 15.1 Å². The monoisotopic (exact) mass is 447 g/mol. The molecule has 0 bridgehead atoms. The first-order valence-corrected chi connectivity index (χ1v) is 11.5. The summed E-state index contributed by atoms with van der Waals surface area (Å²) in [5.41, 5.74) is 0.946. The molecule has 0 radical (unpaired) electrons. The molecule has 2 aliphatic rings. The van der Waals surface area contributed by atoms with Crippen LogP contribution >= 0.6 is 11.3 Å². The quantitative estimate of drug-likeness (QED) is 0.648. The topological polar surface area (TPSA) is 80.3 Å². The molecule has 8 nitrogen and oxygen atoms in total. The number of nitrogens with one attached hydrogen (secondary N) is 1. The molecule has 31 heavy (non-hydrogen) atoms. The van der Waals surface area contributed by atoms with E-state index in [1.807, 2.05) is 23.1 Å². The van der Waals surface area contributed by atoms with Gasteiger partial charge in [-0.15, -0.1) is 11.3 Å². The molecule has 1 aromatic carbocycles. The number of nitrogens with zero attached hydrogens (tertiary/aromatic N) is 2. The first-order chi connectivity index (χ1) is 15.2. The van der Waals surface area contributed by atoms with Crippen molar-refractivity contribution in [2.45, 2.75) is 6.10 Å². The highest BCUT2D eigenvalue weighted by atomic mass is 32.1. The van der Waals surface area contributed by atoms with E-state index in [2.05, 4.69) is 16.3 Å². The molecule has 1 atom stereocenters. The van der Waals surface area contributed by atoms with E-state index in [9.17, 15) is 9.59 Å². The number of ether oxygens (including phenoxy) is 3. The lowest BCUT2D eigenvalue weighted by Crippen LogP contribution is -2.45. The number of hydrogen-bond donors (Lipinski definition) is 1. The van der Waals surface area contributed by atoms with E-state index in [1.165, 1.54) is 11.3 Å². The third kappa shape index (κ3) is 5.24. The average Bonchev–Trinajstić information content (AvgIpc) is 3.19. The van der Waals surface area contributed by atoms with Crippen molar-refractivity contribution < 1.29 is 23.8 Å². The van der Waals surface area contributed by atoms with Gasteiger partial charge in [0.2, 0.25) is 5.91 Å². The first kappa shape index (κ1) is 22.2. The summed E-state index contributed by atoms with van der Waals surface area (Å²) in [7, 11) is 1.61. The van der Waals surface area contributed by atoms with Crippen LogP contribution in [0, 0.1) is 0 Å². The highest BCUT2D eigenvalue weighted by Gasteiger charge is 2.32. The number of hydrogen-bond acceptors (Lipinski definition) is 7. The summed E-state index contributed by atoms with van der Waals surface area (Å²) >= 11 is 1.52. The third-order valence-electron chi connectivity index (χ3n) is 5.59. The summed E-state index contributed by atoms with van der Waals surface area (Å²) in [5, 5.41) is 3.92. The number of amides is 2. The lowest BCUT2D eigenvalue weighted by molar-refractivity contribution is -0.124. The number of morpholine rings is 2. The highest BCUT2D eigenvalue weighted by Crippen LogP contribution is 2.38. The van der Waals surface area contributed by atoms with Crippen LogP contribution in [-0.2, 0) is 19.0 Å². The molecule has 0 spiro atoms. The molecular formula is C22H29N3O5S. The maximum atomic E-state index is 13.4. The molecule has 3 heterocycles. The first-order valence-electron chi connectivity index (χ1n) is 10.7. The molecule has 1 N–H and O–H groups in total. The van der Waals surface area contributed by atoms with Crippen molar-refractivity contribution in [3.8, 4) is 0 Å². The zero-order valence-electron chi connectivity index (χ0n) is 17.8. The largest absolute Gasteiger partial charge is 0.383 e. The van der Waals surface area contributed by atoms with Gasteiger partial charge in [-0.25, -0.2) is 0 Å². The molecule has 168 valence electrons. The van der Waals surface area contributed by atoms with Gasteiger partial charge >= 0.3 is 0 Å². The maximum absolute atomic E-state index is 13.4. The van der Waals surface area contributed by atoms with E-state index < -0.39 is 0 Å². The Morgan fingerprint density at radius 1 is 1.19 bits per heavy atom. The Balaban J connectivity index is 1.54. The zero-order valence-corrected chi connectivity index (χ0v) is 18.6. The van der Waals surface area contributed by atoms with Crippen molar-refractivity contribution in [3.05, 3.63) is 34.7 Å². The molecule has 2 aromatic rings. The molecule has 2 saturated heterocycles. The second-order valence-electron chi connectivity index (χ2n) is 7.68. The van der Waals surface area contributed by atoms with E-state index in [1.54, 1.807) is 7.11 Å². The number of fused-ring (bicyclic) bond motifs is 1. The standard InChI is InChI=1S/C22H29N3O5S/c1-28-10-6-23-19(26)15-24-7-13-30-17(14-24)20-16-4-2-3-5-18(16)31-21(20)22(27)25-8-11-29-12-9-25/h2-5,17H,6-15H2,1H3,(H,23,26)/t17-/m1/s1. The van der Waals surface area contributed by atoms with Gasteiger partial charge in [-0.3, -0.25) is 14.5 Å². The minimum absolute atomic E-state index is 0.0301. The molecule has 1 aromatic heterocycles. The van der Waals surface area contributed by atoms with Crippen molar-refractivity contribution in [3.63, 3.8) is 0 Å². The van der Waals surface area contributed by atoms with Crippen LogP contribution in [-0.4, -0.2) is 94.4 Å². The lowest BCUT2D eigenvalue weighted by atomic mass is 10.0. The van der Waals surface area contributed by atoms with Crippen LogP contribution in [0.15, 0.2) is 24.3 Å². The van der Waals surface area contributed by atoms with Crippen LogP contribution in [0.2, 0.25) is 0 Å². The van der Waals surface area contributed by atoms with Gasteiger partial charge in [0.05, 0.1) is 44.0 Å². The number of rotatable bonds is 7. The predicted octanol–water partition coefficient (Wildman–Crippen LogP) is 1.51. The highest BCUT2D eigenvalue weighted by molar-refractivity contribution is 7.21. The van der Waals surface area contributed by atoms with Crippen molar-refractivity contribution in [2.75, 3.05) is 72.8 Å². The molecule has 9 heteroatoms. The predicted molar refractivity (Wildman–Crippen MR) is 119 cm³/mol.